The number of esters is 1. The van der Waals surface area contributed by atoms with Crippen LogP contribution in [0.1, 0.15) is 31.2 Å². The van der Waals surface area contributed by atoms with E-state index in [-0.39, 0.29) is 18.7 Å². The number of benzene rings is 1. The van der Waals surface area contributed by atoms with E-state index in [0.717, 1.165) is 22.9 Å². The summed E-state index contributed by atoms with van der Waals surface area (Å²) in [6.45, 7) is 8.53. The number of unbranched alkanes of at least 4 members (excludes halogenated alkanes) is 1. The molecule has 0 fully saturated rings. The zero-order valence-corrected chi connectivity index (χ0v) is 19.2. The number of hydrogen-bond donors (Lipinski definition) is 3. The number of aromatic nitrogens is 1. The third-order valence-corrected chi connectivity index (χ3v) is 5.35. The maximum Gasteiger partial charge on any atom is 0.328 e. The molecule has 2 aromatic rings. The smallest absolute Gasteiger partial charge is 0.328 e. The topological polar surface area (TPSA) is 115 Å². The van der Waals surface area contributed by atoms with Gasteiger partial charge in [-0.15, -0.1) is 13.2 Å². The molecule has 2 rings (SSSR count). The number of rotatable bonds is 14. The summed E-state index contributed by atoms with van der Waals surface area (Å²) in [5.41, 5.74) is 7.46. The Hall–Kier alpha value is -3.39. The van der Waals surface area contributed by atoms with Gasteiger partial charge in [-0.05, 0) is 43.9 Å². The molecule has 0 aliphatic carbocycles. The predicted molar refractivity (Wildman–Crippen MR) is 129 cm³/mol. The molecule has 0 spiro atoms. The van der Waals surface area contributed by atoms with Gasteiger partial charge in [0.15, 0.2) is 0 Å². The second-order valence-electron chi connectivity index (χ2n) is 7.80. The number of carbonyl (C=O) groups excluding carboxylic acids is 3. The van der Waals surface area contributed by atoms with Crippen molar-refractivity contribution in [3.8, 4) is 0 Å². The minimum Gasteiger partial charge on any atom is -0.467 e. The van der Waals surface area contributed by atoms with Crippen molar-refractivity contribution in [3.63, 3.8) is 0 Å². The van der Waals surface area contributed by atoms with E-state index in [4.69, 9.17) is 10.5 Å². The first-order valence-electron chi connectivity index (χ1n) is 11.1. The number of allylic oxidation sites excluding steroid dienone is 1. The van der Waals surface area contributed by atoms with Crippen LogP contribution in [-0.4, -0.2) is 48.1 Å². The Balaban J connectivity index is 2.15. The molecule has 2 amide bonds. The van der Waals surface area contributed by atoms with Crippen LogP contribution in [0.2, 0.25) is 0 Å². The molecule has 0 saturated heterocycles. The SMILES string of the molecule is C=CC[C@H](NC(=O)[C@@H](CCCCN)NC(=O)Cc1cn(CC=C)c2ccccc12)C(=O)OC. The zero-order valence-electron chi connectivity index (χ0n) is 19.2. The molecule has 33 heavy (non-hydrogen) atoms. The van der Waals surface area contributed by atoms with Gasteiger partial charge in [0.05, 0.1) is 13.5 Å². The fraction of sp³-hybridized carbons (Fsp3) is 0.400. The molecule has 0 radical (unpaired) electrons. The molecule has 178 valence electrons. The first-order chi connectivity index (χ1) is 15.9. The number of para-hydroxylation sites is 1. The summed E-state index contributed by atoms with van der Waals surface area (Å²) in [6.07, 6.45) is 7.42. The van der Waals surface area contributed by atoms with E-state index in [1.54, 1.807) is 6.08 Å². The maximum atomic E-state index is 12.9. The molecule has 0 bridgehead atoms. The third kappa shape index (κ3) is 7.32. The lowest BCUT2D eigenvalue weighted by Crippen LogP contribution is -2.52. The van der Waals surface area contributed by atoms with E-state index in [2.05, 4.69) is 23.8 Å². The molecule has 1 heterocycles. The van der Waals surface area contributed by atoms with Crippen LogP contribution < -0.4 is 16.4 Å². The first kappa shape index (κ1) is 25.9. The number of nitrogens with two attached hydrogens (primary N) is 1. The fourth-order valence-electron chi connectivity index (χ4n) is 3.73. The number of amides is 2. The Labute approximate surface area is 194 Å². The summed E-state index contributed by atoms with van der Waals surface area (Å²) < 4.78 is 6.79. The quantitative estimate of drug-likeness (QED) is 0.230. The van der Waals surface area contributed by atoms with Crippen LogP contribution >= 0.6 is 0 Å². The molecular weight excluding hydrogens is 420 g/mol. The van der Waals surface area contributed by atoms with Crippen molar-refractivity contribution in [3.05, 3.63) is 61.3 Å². The average Bonchev–Trinajstić information content (AvgIpc) is 3.15. The van der Waals surface area contributed by atoms with E-state index in [1.165, 1.54) is 13.2 Å². The lowest BCUT2D eigenvalue weighted by atomic mass is 10.1. The molecule has 0 unspecified atom stereocenters. The van der Waals surface area contributed by atoms with Crippen LogP contribution in [0.3, 0.4) is 0 Å². The van der Waals surface area contributed by atoms with Crippen molar-refractivity contribution in [2.24, 2.45) is 5.73 Å². The molecule has 8 heteroatoms. The zero-order chi connectivity index (χ0) is 24.2. The Morgan fingerprint density at radius 2 is 1.88 bits per heavy atom. The van der Waals surface area contributed by atoms with E-state index < -0.39 is 24.0 Å². The van der Waals surface area contributed by atoms with Gasteiger partial charge in [0.25, 0.3) is 0 Å². The summed E-state index contributed by atoms with van der Waals surface area (Å²) in [4.78, 5) is 37.8. The third-order valence-electron chi connectivity index (χ3n) is 5.35. The van der Waals surface area contributed by atoms with Gasteiger partial charge in [0, 0.05) is 23.6 Å². The summed E-state index contributed by atoms with van der Waals surface area (Å²) in [5, 5.41) is 6.49. The molecular formula is C25H34N4O4. The van der Waals surface area contributed by atoms with Crippen LogP contribution in [-0.2, 0) is 32.1 Å². The number of nitrogens with one attached hydrogen (secondary N) is 2. The van der Waals surface area contributed by atoms with E-state index >= 15 is 0 Å². The van der Waals surface area contributed by atoms with Crippen molar-refractivity contribution in [2.75, 3.05) is 13.7 Å². The van der Waals surface area contributed by atoms with Crippen molar-refractivity contribution in [1.82, 2.24) is 15.2 Å². The first-order valence-corrected chi connectivity index (χ1v) is 11.1. The molecule has 8 nitrogen and oxygen atoms in total. The lowest BCUT2D eigenvalue weighted by molar-refractivity contribution is -0.145. The standard InChI is InChI=1S/C25H34N4O4/c1-4-10-21(25(32)33-3)28-24(31)20(12-8-9-14-26)27-23(30)16-18-17-29(15-5-2)22-13-7-6-11-19(18)22/h4-7,11,13,17,20-21H,1-2,8-10,12,14-16,26H2,3H3,(H,27,30)(H,28,31)/t20-,21+/m1/s1. The van der Waals surface area contributed by atoms with Crippen molar-refractivity contribution >= 4 is 28.7 Å². The Morgan fingerprint density at radius 3 is 2.55 bits per heavy atom. The highest BCUT2D eigenvalue weighted by Crippen LogP contribution is 2.22. The highest BCUT2D eigenvalue weighted by atomic mass is 16.5. The number of nitrogens with zero attached hydrogens (tertiary/aromatic N) is 1. The number of ether oxygens (including phenoxy) is 1. The number of carbonyl (C=O) groups is 3. The molecule has 0 saturated carbocycles. The summed E-state index contributed by atoms with van der Waals surface area (Å²) in [5.74, 6) is -1.28. The minimum absolute atomic E-state index is 0.123. The van der Waals surface area contributed by atoms with Gasteiger partial charge in [-0.25, -0.2) is 4.79 Å². The van der Waals surface area contributed by atoms with Gasteiger partial charge in [0.1, 0.15) is 12.1 Å². The molecule has 2 atom stereocenters. The normalized spacial score (nSPS) is 12.5. The molecule has 4 N–H and O–H groups in total. The summed E-state index contributed by atoms with van der Waals surface area (Å²) >= 11 is 0. The largest absolute Gasteiger partial charge is 0.467 e. The van der Waals surface area contributed by atoms with E-state index in [0.29, 0.717) is 25.9 Å². The van der Waals surface area contributed by atoms with Gasteiger partial charge >= 0.3 is 5.97 Å². The van der Waals surface area contributed by atoms with Gasteiger partial charge in [-0.3, -0.25) is 9.59 Å². The summed E-state index contributed by atoms with van der Waals surface area (Å²) in [7, 11) is 1.26. The van der Waals surface area contributed by atoms with Crippen LogP contribution in [0.5, 0.6) is 0 Å². The monoisotopic (exact) mass is 454 g/mol. The highest BCUT2D eigenvalue weighted by Gasteiger charge is 2.26. The second-order valence-corrected chi connectivity index (χ2v) is 7.80. The molecule has 1 aromatic carbocycles. The van der Waals surface area contributed by atoms with Crippen molar-refractivity contribution < 1.29 is 19.1 Å². The van der Waals surface area contributed by atoms with Crippen LogP contribution in [0, 0.1) is 0 Å². The maximum absolute atomic E-state index is 12.9. The highest BCUT2D eigenvalue weighted by molar-refractivity contribution is 5.93. The van der Waals surface area contributed by atoms with Gasteiger partial charge in [-0.2, -0.15) is 0 Å². The molecule has 0 aliphatic rings. The minimum atomic E-state index is -0.856. The van der Waals surface area contributed by atoms with Crippen molar-refractivity contribution in [1.29, 1.82) is 0 Å². The Morgan fingerprint density at radius 1 is 1.12 bits per heavy atom. The lowest BCUT2D eigenvalue weighted by Gasteiger charge is -2.21. The van der Waals surface area contributed by atoms with Gasteiger partial charge in [0.2, 0.25) is 11.8 Å². The number of hydrogen-bond acceptors (Lipinski definition) is 5. The molecule has 1 aromatic heterocycles. The second kappa shape index (κ2) is 13.2. The van der Waals surface area contributed by atoms with Crippen molar-refractivity contribution in [2.45, 2.75) is 50.7 Å². The van der Waals surface area contributed by atoms with Gasteiger partial charge < -0.3 is 25.7 Å². The van der Waals surface area contributed by atoms with E-state index in [1.807, 2.05) is 35.0 Å². The fourth-order valence-corrected chi connectivity index (χ4v) is 3.73. The Bertz CT molecular complexity index is 982. The number of fused-ring (bicyclic) bond motifs is 1. The van der Waals surface area contributed by atoms with Crippen LogP contribution in [0.15, 0.2) is 55.8 Å². The van der Waals surface area contributed by atoms with Crippen LogP contribution in [0.25, 0.3) is 10.9 Å². The number of methoxy groups -OCH3 is 1. The molecule has 0 aliphatic heterocycles. The van der Waals surface area contributed by atoms with E-state index in [9.17, 15) is 14.4 Å². The average molecular weight is 455 g/mol. The van der Waals surface area contributed by atoms with Crippen LogP contribution in [0.4, 0.5) is 0 Å². The predicted octanol–water partition coefficient (Wildman–Crippen LogP) is 2.22. The Kier molecular flexibility index (Phi) is 10.4. The summed E-state index contributed by atoms with van der Waals surface area (Å²) in [6, 6.07) is 6.20. The van der Waals surface area contributed by atoms with Gasteiger partial charge in [-0.1, -0.05) is 30.4 Å².